The van der Waals surface area contributed by atoms with E-state index in [1.807, 2.05) is 58.0 Å². The minimum absolute atomic E-state index is 0.220. The van der Waals surface area contributed by atoms with E-state index in [4.69, 9.17) is 0 Å². The van der Waals surface area contributed by atoms with Crippen LogP contribution < -0.4 is 4.90 Å². The number of rotatable bonds is 3. The number of likely N-dealkylation sites (N-methyl/N-ethyl adjacent to an activating group) is 1. The third-order valence-electron chi connectivity index (χ3n) is 6.28. The van der Waals surface area contributed by atoms with Crippen LogP contribution in [0.5, 0.6) is 0 Å². The van der Waals surface area contributed by atoms with Crippen LogP contribution in [-0.4, -0.2) is 54.8 Å². The molecule has 0 unspecified atom stereocenters. The zero-order valence-corrected chi connectivity index (χ0v) is 18.5. The van der Waals surface area contributed by atoms with Crippen molar-refractivity contribution in [3.8, 4) is 0 Å². The molecule has 5 heteroatoms. The van der Waals surface area contributed by atoms with E-state index in [9.17, 15) is 9.59 Å². The molecule has 2 heterocycles. The topological polar surface area (TPSA) is 43.9 Å². The van der Waals surface area contributed by atoms with Crippen LogP contribution in [0.25, 0.3) is 5.57 Å². The molecule has 0 spiro atoms. The molecule has 2 aromatic carbocycles. The van der Waals surface area contributed by atoms with Gasteiger partial charge in [0.05, 0.1) is 11.3 Å². The molecule has 0 aliphatic carbocycles. The number of carbonyl (C=O) groups excluding carboxylic acids is 2. The molecule has 30 heavy (non-hydrogen) atoms. The lowest BCUT2D eigenvalue weighted by molar-refractivity contribution is -0.120. The van der Waals surface area contributed by atoms with Crippen LogP contribution in [0.2, 0.25) is 0 Å². The predicted octanol–water partition coefficient (Wildman–Crippen LogP) is 3.45. The third-order valence-corrected chi connectivity index (χ3v) is 6.28. The molecule has 0 bridgehead atoms. The summed E-state index contributed by atoms with van der Waals surface area (Å²) >= 11 is 0. The fourth-order valence-electron chi connectivity index (χ4n) is 4.28. The van der Waals surface area contributed by atoms with Gasteiger partial charge in [-0.1, -0.05) is 29.8 Å². The SMILES string of the molecule is Cc1ccc(C2=C(N3CCN(C)CC3)C(=O)N(c3ccc(C)c(C)c3)C2=O)c(C)c1. The normalized spacial score (nSPS) is 18.0. The number of anilines is 1. The molecule has 4 rings (SSSR count). The molecular weight excluding hydrogens is 374 g/mol. The number of amides is 2. The molecule has 0 atom stereocenters. The third kappa shape index (κ3) is 3.43. The van der Waals surface area contributed by atoms with Crippen molar-refractivity contribution in [2.24, 2.45) is 0 Å². The summed E-state index contributed by atoms with van der Waals surface area (Å²) in [4.78, 5) is 33.0. The van der Waals surface area contributed by atoms with Crippen LogP contribution in [0.1, 0.15) is 27.8 Å². The van der Waals surface area contributed by atoms with E-state index in [1.165, 1.54) is 4.90 Å². The van der Waals surface area contributed by atoms with Crippen molar-refractivity contribution in [1.82, 2.24) is 9.80 Å². The molecule has 2 aromatic rings. The largest absolute Gasteiger partial charge is 0.364 e. The van der Waals surface area contributed by atoms with Crippen molar-refractivity contribution in [3.05, 3.63) is 69.9 Å². The van der Waals surface area contributed by atoms with E-state index in [-0.39, 0.29) is 11.8 Å². The second kappa shape index (κ2) is 7.73. The van der Waals surface area contributed by atoms with Gasteiger partial charge >= 0.3 is 0 Å². The number of benzene rings is 2. The van der Waals surface area contributed by atoms with Crippen LogP contribution >= 0.6 is 0 Å². The predicted molar refractivity (Wildman–Crippen MR) is 120 cm³/mol. The Morgan fingerprint density at radius 1 is 0.733 bits per heavy atom. The molecule has 0 radical (unpaired) electrons. The minimum Gasteiger partial charge on any atom is -0.364 e. The summed E-state index contributed by atoms with van der Waals surface area (Å²) in [5.41, 5.74) is 6.91. The van der Waals surface area contributed by atoms with E-state index in [1.54, 1.807) is 0 Å². The van der Waals surface area contributed by atoms with E-state index < -0.39 is 0 Å². The van der Waals surface area contributed by atoms with Crippen LogP contribution in [-0.2, 0) is 9.59 Å². The number of piperazine rings is 1. The van der Waals surface area contributed by atoms with Gasteiger partial charge in [0.25, 0.3) is 11.8 Å². The Balaban J connectivity index is 1.85. The maximum absolute atomic E-state index is 13.7. The van der Waals surface area contributed by atoms with E-state index in [2.05, 4.69) is 22.9 Å². The van der Waals surface area contributed by atoms with Crippen molar-refractivity contribution in [3.63, 3.8) is 0 Å². The Labute approximate surface area is 178 Å². The summed E-state index contributed by atoms with van der Waals surface area (Å²) in [7, 11) is 2.08. The Kier molecular flexibility index (Phi) is 5.24. The maximum atomic E-state index is 13.7. The van der Waals surface area contributed by atoms with Crippen LogP contribution in [0.4, 0.5) is 5.69 Å². The molecular formula is C25H29N3O2. The van der Waals surface area contributed by atoms with Gasteiger partial charge in [0.2, 0.25) is 0 Å². The molecule has 2 aliphatic rings. The van der Waals surface area contributed by atoms with E-state index in [0.29, 0.717) is 17.0 Å². The number of hydrogen-bond donors (Lipinski definition) is 0. The molecule has 1 saturated heterocycles. The van der Waals surface area contributed by atoms with Crippen LogP contribution in [0, 0.1) is 27.7 Å². The summed E-state index contributed by atoms with van der Waals surface area (Å²) in [5, 5.41) is 0. The first-order valence-electron chi connectivity index (χ1n) is 10.5. The second-order valence-corrected chi connectivity index (χ2v) is 8.55. The monoisotopic (exact) mass is 403 g/mol. The van der Waals surface area contributed by atoms with Gasteiger partial charge in [0.15, 0.2) is 0 Å². The van der Waals surface area contributed by atoms with E-state index in [0.717, 1.165) is 54.0 Å². The highest BCUT2D eigenvalue weighted by molar-refractivity contribution is 6.45. The average molecular weight is 404 g/mol. The molecule has 2 amide bonds. The Morgan fingerprint density at radius 3 is 2.07 bits per heavy atom. The standard InChI is InChI=1S/C25H29N3O2/c1-16-6-9-21(19(4)14-16)22-23(27-12-10-26(5)11-13-27)25(30)28(24(22)29)20-8-7-17(2)18(3)15-20/h6-9,14-15H,10-13H2,1-5H3. The van der Waals surface area contributed by atoms with Gasteiger partial charge in [-0.05, 0) is 69.1 Å². The number of aryl methyl sites for hydroxylation is 4. The van der Waals surface area contributed by atoms with Gasteiger partial charge in [-0.25, -0.2) is 4.90 Å². The lowest BCUT2D eigenvalue weighted by atomic mass is 9.97. The summed E-state index contributed by atoms with van der Waals surface area (Å²) in [5.74, 6) is -0.452. The van der Waals surface area contributed by atoms with Crippen molar-refractivity contribution in [2.45, 2.75) is 27.7 Å². The Bertz CT molecular complexity index is 1060. The molecule has 2 aliphatic heterocycles. The van der Waals surface area contributed by atoms with Gasteiger partial charge in [-0.2, -0.15) is 0 Å². The van der Waals surface area contributed by atoms with E-state index >= 15 is 0 Å². The quantitative estimate of drug-likeness (QED) is 0.737. The van der Waals surface area contributed by atoms with Crippen molar-refractivity contribution < 1.29 is 9.59 Å². The molecule has 0 saturated carbocycles. The number of carbonyl (C=O) groups is 2. The van der Waals surface area contributed by atoms with Gasteiger partial charge in [-0.3, -0.25) is 9.59 Å². The number of nitrogens with zero attached hydrogens (tertiary/aromatic N) is 3. The first kappa shape index (κ1) is 20.4. The van der Waals surface area contributed by atoms with Gasteiger partial charge < -0.3 is 9.80 Å². The first-order chi connectivity index (χ1) is 14.3. The Morgan fingerprint density at radius 2 is 1.43 bits per heavy atom. The minimum atomic E-state index is -0.232. The van der Waals surface area contributed by atoms with Crippen LogP contribution in [0.15, 0.2) is 42.1 Å². The molecule has 0 N–H and O–H groups in total. The maximum Gasteiger partial charge on any atom is 0.282 e. The van der Waals surface area contributed by atoms with Gasteiger partial charge in [-0.15, -0.1) is 0 Å². The summed E-state index contributed by atoms with van der Waals surface area (Å²) in [6, 6.07) is 11.8. The van der Waals surface area contributed by atoms with Crippen LogP contribution in [0.3, 0.4) is 0 Å². The highest BCUT2D eigenvalue weighted by Gasteiger charge is 2.43. The lowest BCUT2D eigenvalue weighted by Gasteiger charge is -2.34. The summed E-state index contributed by atoms with van der Waals surface area (Å²) in [6.07, 6.45) is 0. The number of imide groups is 1. The molecule has 156 valence electrons. The Hall–Kier alpha value is -2.92. The van der Waals surface area contributed by atoms with Crippen molar-refractivity contribution in [2.75, 3.05) is 38.1 Å². The van der Waals surface area contributed by atoms with Gasteiger partial charge in [0, 0.05) is 26.2 Å². The molecule has 1 fully saturated rings. The first-order valence-corrected chi connectivity index (χ1v) is 10.5. The van der Waals surface area contributed by atoms with Gasteiger partial charge in [0.1, 0.15) is 5.70 Å². The average Bonchev–Trinajstić information content (AvgIpc) is 2.95. The summed E-state index contributed by atoms with van der Waals surface area (Å²) < 4.78 is 0. The molecule has 0 aromatic heterocycles. The lowest BCUT2D eigenvalue weighted by Crippen LogP contribution is -2.46. The summed E-state index contributed by atoms with van der Waals surface area (Å²) in [6.45, 7) is 11.3. The highest BCUT2D eigenvalue weighted by atomic mass is 16.2. The number of hydrogen-bond acceptors (Lipinski definition) is 4. The smallest absolute Gasteiger partial charge is 0.282 e. The van der Waals surface area contributed by atoms with Crippen molar-refractivity contribution >= 4 is 23.1 Å². The fourth-order valence-corrected chi connectivity index (χ4v) is 4.28. The zero-order chi connectivity index (χ0) is 21.6. The molecule has 5 nitrogen and oxygen atoms in total. The highest BCUT2D eigenvalue weighted by Crippen LogP contribution is 2.37. The fraction of sp³-hybridized carbons (Fsp3) is 0.360. The zero-order valence-electron chi connectivity index (χ0n) is 18.5. The van der Waals surface area contributed by atoms with Crippen molar-refractivity contribution in [1.29, 1.82) is 0 Å². The second-order valence-electron chi connectivity index (χ2n) is 8.55.